The molecule has 96 valence electrons. The molecule has 0 aliphatic rings. The average Bonchev–Trinajstić information content (AvgIpc) is 2.81. The van der Waals surface area contributed by atoms with Gasteiger partial charge in [0.25, 0.3) is 5.71 Å². The molecule has 6 heteroatoms. The summed E-state index contributed by atoms with van der Waals surface area (Å²) >= 11 is 0. The van der Waals surface area contributed by atoms with Crippen molar-refractivity contribution in [2.75, 3.05) is 12.8 Å². The topological polar surface area (TPSA) is 83.4 Å². The smallest absolute Gasteiger partial charge is 0.263 e. The highest BCUT2D eigenvalue weighted by atomic mass is 16.5. The second kappa shape index (κ2) is 4.49. The number of nitrogen functional groups attached to an aromatic ring is 1. The van der Waals surface area contributed by atoms with Crippen molar-refractivity contribution in [3.8, 4) is 17.4 Å². The molecule has 6 nitrogen and oxygen atoms in total. The lowest BCUT2D eigenvalue weighted by molar-refractivity contribution is 0.411. The quantitative estimate of drug-likeness (QED) is 0.776. The van der Waals surface area contributed by atoms with E-state index in [1.165, 1.54) is 0 Å². The Morgan fingerprint density at radius 3 is 2.53 bits per heavy atom. The van der Waals surface area contributed by atoms with Crippen molar-refractivity contribution in [3.05, 3.63) is 36.4 Å². The highest BCUT2D eigenvalue weighted by molar-refractivity contribution is 5.84. The monoisotopic (exact) mass is 257 g/mol. The van der Waals surface area contributed by atoms with Crippen LogP contribution in [0.5, 0.6) is 17.4 Å². The van der Waals surface area contributed by atoms with Gasteiger partial charge in [0, 0.05) is 6.07 Å². The zero-order valence-electron chi connectivity index (χ0n) is 10.2. The molecule has 0 aliphatic heterocycles. The maximum Gasteiger partial charge on any atom is 0.263 e. The highest BCUT2D eigenvalue weighted by Crippen LogP contribution is 2.26. The molecule has 3 aromatic rings. The van der Waals surface area contributed by atoms with Gasteiger partial charge in [0.2, 0.25) is 5.88 Å². The van der Waals surface area contributed by atoms with Gasteiger partial charge in [0.05, 0.1) is 12.5 Å². The first-order chi connectivity index (χ1) is 9.26. The lowest BCUT2D eigenvalue weighted by Gasteiger charge is -2.05. The van der Waals surface area contributed by atoms with Crippen LogP contribution >= 0.6 is 0 Å². The van der Waals surface area contributed by atoms with Crippen molar-refractivity contribution < 1.29 is 14.0 Å². The van der Waals surface area contributed by atoms with Gasteiger partial charge in [0.15, 0.2) is 5.82 Å². The number of hydrogen-bond acceptors (Lipinski definition) is 6. The van der Waals surface area contributed by atoms with Crippen LogP contribution in [-0.2, 0) is 0 Å². The van der Waals surface area contributed by atoms with E-state index in [0.717, 1.165) is 5.75 Å². The Morgan fingerprint density at radius 2 is 1.79 bits per heavy atom. The molecule has 0 spiro atoms. The van der Waals surface area contributed by atoms with Crippen LogP contribution in [-0.4, -0.2) is 17.3 Å². The number of benzene rings is 1. The number of aromatic nitrogens is 2. The Hall–Kier alpha value is -2.76. The van der Waals surface area contributed by atoms with Crippen LogP contribution in [0.4, 0.5) is 5.82 Å². The van der Waals surface area contributed by atoms with Crippen LogP contribution < -0.4 is 15.2 Å². The summed E-state index contributed by atoms with van der Waals surface area (Å²) in [6, 6.07) is 10.7. The van der Waals surface area contributed by atoms with Gasteiger partial charge in [-0.15, -0.1) is 0 Å². The SMILES string of the molecule is COc1ccc(Oc2ccc3c(N)noc3n2)cc1. The third kappa shape index (κ3) is 2.15. The second-order valence-corrected chi connectivity index (χ2v) is 3.85. The van der Waals surface area contributed by atoms with E-state index < -0.39 is 0 Å². The zero-order valence-corrected chi connectivity index (χ0v) is 10.2. The third-order valence-corrected chi connectivity index (χ3v) is 2.62. The summed E-state index contributed by atoms with van der Waals surface area (Å²) in [5.74, 6) is 2.14. The van der Waals surface area contributed by atoms with Gasteiger partial charge in [-0.2, -0.15) is 4.98 Å². The van der Waals surface area contributed by atoms with Gasteiger partial charge in [-0.1, -0.05) is 5.16 Å². The summed E-state index contributed by atoms with van der Waals surface area (Å²) in [5, 5.41) is 4.30. The number of ether oxygens (including phenoxy) is 2. The fraction of sp³-hybridized carbons (Fsp3) is 0.0769. The first-order valence-electron chi connectivity index (χ1n) is 5.60. The third-order valence-electron chi connectivity index (χ3n) is 2.62. The zero-order chi connectivity index (χ0) is 13.2. The number of anilines is 1. The molecular formula is C13H11N3O3. The van der Waals surface area contributed by atoms with Crippen LogP contribution in [0, 0.1) is 0 Å². The Morgan fingerprint density at radius 1 is 1.05 bits per heavy atom. The van der Waals surface area contributed by atoms with Crippen molar-refractivity contribution >= 4 is 16.9 Å². The molecule has 0 aliphatic carbocycles. The summed E-state index contributed by atoms with van der Waals surface area (Å²) in [5.41, 5.74) is 5.96. The standard InChI is InChI=1S/C13H11N3O3/c1-17-8-2-4-9(5-3-8)18-11-7-6-10-12(14)16-19-13(10)15-11/h2-7H,1H3,(H2,14,16). The summed E-state index contributed by atoms with van der Waals surface area (Å²) < 4.78 is 15.6. The number of fused-ring (bicyclic) bond motifs is 1. The summed E-state index contributed by atoms with van der Waals surface area (Å²) in [6.07, 6.45) is 0. The Kier molecular flexibility index (Phi) is 2.68. The van der Waals surface area contributed by atoms with E-state index in [1.54, 1.807) is 43.5 Å². The summed E-state index contributed by atoms with van der Waals surface area (Å²) in [4.78, 5) is 4.17. The molecule has 2 heterocycles. The Labute approximate surface area is 108 Å². The fourth-order valence-electron chi connectivity index (χ4n) is 1.65. The van der Waals surface area contributed by atoms with Crippen LogP contribution in [0.1, 0.15) is 0 Å². The van der Waals surface area contributed by atoms with Crippen molar-refractivity contribution in [1.82, 2.24) is 10.1 Å². The normalized spacial score (nSPS) is 10.6. The first-order valence-corrected chi connectivity index (χ1v) is 5.60. The van der Waals surface area contributed by atoms with Gasteiger partial charge < -0.3 is 19.7 Å². The maximum absolute atomic E-state index is 5.61. The van der Waals surface area contributed by atoms with E-state index in [9.17, 15) is 0 Å². The molecule has 0 amide bonds. The lowest BCUT2D eigenvalue weighted by atomic mass is 10.3. The number of nitrogens with two attached hydrogens (primary N) is 1. The number of nitrogens with zero attached hydrogens (tertiary/aromatic N) is 2. The van der Waals surface area contributed by atoms with E-state index >= 15 is 0 Å². The minimum atomic E-state index is 0.318. The highest BCUT2D eigenvalue weighted by Gasteiger charge is 2.08. The summed E-state index contributed by atoms with van der Waals surface area (Å²) in [7, 11) is 1.61. The van der Waals surface area contributed by atoms with Crippen LogP contribution in [0.15, 0.2) is 40.9 Å². The Balaban J connectivity index is 1.87. The van der Waals surface area contributed by atoms with Crippen molar-refractivity contribution in [2.24, 2.45) is 0 Å². The predicted molar refractivity (Wildman–Crippen MR) is 69.3 cm³/mol. The van der Waals surface area contributed by atoms with Crippen LogP contribution in [0.3, 0.4) is 0 Å². The molecular weight excluding hydrogens is 246 g/mol. The molecule has 0 radical (unpaired) electrons. The van der Waals surface area contributed by atoms with Gasteiger partial charge in [-0.05, 0) is 30.3 Å². The molecule has 0 unspecified atom stereocenters. The van der Waals surface area contributed by atoms with Gasteiger partial charge in [-0.25, -0.2) is 0 Å². The molecule has 2 N–H and O–H groups in total. The predicted octanol–water partition coefficient (Wildman–Crippen LogP) is 2.61. The molecule has 3 rings (SSSR count). The minimum Gasteiger partial charge on any atom is -0.497 e. The second-order valence-electron chi connectivity index (χ2n) is 3.85. The van der Waals surface area contributed by atoms with Crippen molar-refractivity contribution in [1.29, 1.82) is 0 Å². The molecule has 1 aromatic carbocycles. The molecule has 0 saturated heterocycles. The number of hydrogen-bond donors (Lipinski definition) is 1. The molecule has 0 bridgehead atoms. The van der Waals surface area contributed by atoms with Gasteiger partial charge in [0.1, 0.15) is 11.5 Å². The van der Waals surface area contributed by atoms with Crippen LogP contribution in [0.25, 0.3) is 11.1 Å². The number of rotatable bonds is 3. The summed E-state index contributed by atoms with van der Waals surface area (Å²) in [6.45, 7) is 0. The number of pyridine rings is 1. The van der Waals surface area contributed by atoms with Gasteiger partial charge in [-0.3, -0.25) is 0 Å². The molecule has 19 heavy (non-hydrogen) atoms. The molecule has 0 atom stereocenters. The molecule has 0 fully saturated rings. The van der Waals surface area contributed by atoms with Crippen LogP contribution in [0.2, 0.25) is 0 Å². The maximum atomic E-state index is 5.61. The Bertz CT molecular complexity index is 707. The fourth-order valence-corrected chi connectivity index (χ4v) is 1.65. The largest absolute Gasteiger partial charge is 0.497 e. The van der Waals surface area contributed by atoms with Gasteiger partial charge >= 0.3 is 0 Å². The van der Waals surface area contributed by atoms with E-state index in [4.69, 9.17) is 19.7 Å². The van der Waals surface area contributed by atoms with E-state index in [1.807, 2.05) is 0 Å². The number of methoxy groups -OCH3 is 1. The average molecular weight is 257 g/mol. The first kappa shape index (κ1) is 11.3. The molecule has 2 aromatic heterocycles. The van der Waals surface area contributed by atoms with E-state index in [2.05, 4.69) is 10.1 Å². The van der Waals surface area contributed by atoms with Crippen molar-refractivity contribution in [2.45, 2.75) is 0 Å². The lowest BCUT2D eigenvalue weighted by Crippen LogP contribution is -1.89. The van der Waals surface area contributed by atoms with Crippen molar-refractivity contribution in [3.63, 3.8) is 0 Å². The minimum absolute atomic E-state index is 0.318. The van der Waals surface area contributed by atoms with E-state index in [-0.39, 0.29) is 0 Å². The molecule has 0 saturated carbocycles. The van der Waals surface area contributed by atoms with E-state index in [0.29, 0.717) is 28.5 Å².